The number of thioether (sulfide) groups is 1. The molecular formula is C13H12N4O2S. The number of aromatic nitrogens is 2. The van der Waals surface area contributed by atoms with E-state index >= 15 is 0 Å². The van der Waals surface area contributed by atoms with E-state index in [9.17, 15) is 9.59 Å². The second-order valence-corrected chi connectivity index (χ2v) is 5.38. The monoisotopic (exact) mass is 288 g/mol. The Balaban J connectivity index is 2.14. The lowest BCUT2D eigenvalue weighted by Crippen LogP contribution is -2.39. The molecular weight excluding hydrogens is 276 g/mol. The summed E-state index contributed by atoms with van der Waals surface area (Å²) in [6.07, 6.45) is 0. The predicted octanol–water partition coefficient (Wildman–Crippen LogP) is 0.963. The highest BCUT2D eigenvalue weighted by Gasteiger charge is 2.22. The van der Waals surface area contributed by atoms with Crippen molar-refractivity contribution in [3.05, 3.63) is 56.7 Å². The molecule has 2 aromatic rings. The van der Waals surface area contributed by atoms with Crippen molar-refractivity contribution in [2.75, 3.05) is 5.43 Å². The molecule has 20 heavy (non-hydrogen) atoms. The zero-order valence-corrected chi connectivity index (χ0v) is 11.8. The highest BCUT2D eigenvalue weighted by atomic mass is 32.2. The van der Waals surface area contributed by atoms with Crippen molar-refractivity contribution < 1.29 is 0 Å². The zero-order chi connectivity index (χ0) is 14.3. The Labute approximate surface area is 118 Å². The average Bonchev–Trinajstić information content (AvgIpc) is 2.51. The van der Waals surface area contributed by atoms with Crippen LogP contribution < -0.4 is 16.7 Å². The topological polar surface area (TPSA) is 68.4 Å². The number of hydrogen-bond acceptors (Lipinski definition) is 5. The number of rotatable bonds is 1. The third-order valence-corrected chi connectivity index (χ3v) is 4.20. The highest BCUT2D eigenvalue weighted by Crippen LogP contribution is 2.30. The molecule has 0 unspecified atom stereocenters. The van der Waals surface area contributed by atoms with E-state index in [-0.39, 0.29) is 11.2 Å². The van der Waals surface area contributed by atoms with Crippen LogP contribution in [-0.4, -0.2) is 14.2 Å². The van der Waals surface area contributed by atoms with Crippen LogP contribution in [0.3, 0.4) is 0 Å². The van der Waals surface area contributed by atoms with E-state index in [1.54, 1.807) is 7.05 Å². The van der Waals surface area contributed by atoms with Crippen LogP contribution in [0.2, 0.25) is 0 Å². The molecule has 1 aliphatic rings. The zero-order valence-electron chi connectivity index (χ0n) is 11.0. The van der Waals surface area contributed by atoms with Gasteiger partial charge in [0.15, 0.2) is 0 Å². The van der Waals surface area contributed by atoms with Gasteiger partial charge in [-0.3, -0.25) is 19.4 Å². The first-order valence-corrected chi connectivity index (χ1v) is 6.78. The van der Waals surface area contributed by atoms with Crippen LogP contribution in [0, 0.1) is 0 Å². The van der Waals surface area contributed by atoms with Crippen molar-refractivity contribution in [3.8, 4) is 0 Å². The largest absolute Gasteiger partial charge is 0.332 e. The van der Waals surface area contributed by atoms with Crippen LogP contribution in [-0.2, 0) is 14.1 Å². The summed E-state index contributed by atoms with van der Waals surface area (Å²) >= 11 is 1.27. The molecule has 0 atom stereocenters. The fraction of sp³-hybridized carbons (Fsp3) is 0.154. The number of hydrogen-bond donors (Lipinski definition) is 1. The van der Waals surface area contributed by atoms with Crippen molar-refractivity contribution in [2.24, 2.45) is 19.2 Å². The number of anilines is 1. The first kappa shape index (κ1) is 12.7. The first-order valence-electron chi connectivity index (χ1n) is 5.96. The van der Waals surface area contributed by atoms with Gasteiger partial charge >= 0.3 is 5.69 Å². The smallest absolute Gasteiger partial charge is 0.280 e. The Morgan fingerprint density at radius 3 is 2.50 bits per heavy atom. The molecule has 0 spiro atoms. The summed E-state index contributed by atoms with van der Waals surface area (Å²) in [5.41, 5.74) is 3.04. The van der Waals surface area contributed by atoms with Crippen LogP contribution in [0.4, 0.5) is 5.82 Å². The predicted molar refractivity (Wildman–Crippen MR) is 79.4 cm³/mol. The molecule has 0 saturated carbocycles. The van der Waals surface area contributed by atoms with Gasteiger partial charge in [-0.05, 0) is 0 Å². The average molecular weight is 288 g/mol. The van der Waals surface area contributed by atoms with E-state index in [1.165, 1.54) is 23.4 Å². The van der Waals surface area contributed by atoms with Crippen molar-refractivity contribution in [2.45, 2.75) is 4.90 Å². The molecule has 0 amide bonds. The van der Waals surface area contributed by atoms with E-state index in [4.69, 9.17) is 0 Å². The molecule has 1 aliphatic heterocycles. The lowest BCUT2D eigenvalue weighted by molar-refractivity contribution is 0.667. The Morgan fingerprint density at radius 2 is 1.80 bits per heavy atom. The summed E-state index contributed by atoms with van der Waals surface area (Å²) in [6, 6.07) is 9.58. The summed E-state index contributed by atoms with van der Waals surface area (Å²) < 4.78 is 2.48. The van der Waals surface area contributed by atoms with Crippen molar-refractivity contribution in [1.82, 2.24) is 9.13 Å². The Kier molecular flexibility index (Phi) is 2.98. The molecule has 3 rings (SSSR count). The van der Waals surface area contributed by atoms with Crippen LogP contribution in [0.25, 0.3) is 0 Å². The minimum atomic E-state index is -0.375. The molecule has 1 aromatic carbocycles. The molecule has 0 radical (unpaired) electrons. The molecule has 102 valence electrons. The van der Waals surface area contributed by atoms with Gasteiger partial charge in [0.05, 0.1) is 0 Å². The van der Waals surface area contributed by atoms with Gasteiger partial charge in [0.25, 0.3) is 5.56 Å². The number of fused-ring (bicyclic) bond motifs is 1. The maximum atomic E-state index is 12.2. The van der Waals surface area contributed by atoms with E-state index in [0.717, 1.165) is 10.1 Å². The molecule has 0 aliphatic carbocycles. The molecule has 7 heteroatoms. The van der Waals surface area contributed by atoms with Gasteiger partial charge in [-0.1, -0.05) is 42.1 Å². The number of nitrogens with zero attached hydrogens (tertiary/aromatic N) is 3. The van der Waals surface area contributed by atoms with E-state index in [0.29, 0.717) is 15.8 Å². The summed E-state index contributed by atoms with van der Waals surface area (Å²) in [4.78, 5) is 24.5. The van der Waals surface area contributed by atoms with Crippen LogP contribution in [0.1, 0.15) is 5.56 Å². The van der Waals surface area contributed by atoms with Gasteiger partial charge in [0, 0.05) is 19.7 Å². The fourth-order valence-corrected chi connectivity index (χ4v) is 3.00. The number of hydrazone groups is 1. The molecule has 6 nitrogen and oxygen atoms in total. The number of benzene rings is 1. The third-order valence-electron chi connectivity index (χ3n) is 3.11. The second kappa shape index (κ2) is 4.68. The normalized spacial score (nSPS) is 13.4. The molecule has 1 N–H and O–H groups in total. The van der Waals surface area contributed by atoms with Gasteiger partial charge in [-0.15, -0.1) is 0 Å². The Bertz CT molecular complexity index is 821. The van der Waals surface area contributed by atoms with Gasteiger partial charge in [-0.2, -0.15) is 5.10 Å². The molecule has 0 saturated heterocycles. The lowest BCUT2D eigenvalue weighted by Gasteiger charge is -2.19. The Hall–Kier alpha value is -2.28. The van der Waals surface area contributed by atoms with Crippen LogP contribution in [0.5, 0.6) is 0 Å². The Morgan fingerprint density at radius 1 is 1.10 bits per heavy atom. The van der Waals surface area contributed by atoms with E-state index < -0.39 is 0 Å². The van der Waals surface area contributed by atoms with Gasteiger partial charge in [0.1, 0.15) is 15.8 Å². The maximum absolute atomic E-state index is 12.2. The number of nitrogens with one attached hydrogen (secondary N) is 1. The molecule has 2 heterocycles. The summed E-state index contributed by atoms with van der Waals surface area (Å²) in [7, 11) is 3.08. The van der Waals surface area contributed by atoms with Crippen LogP contribution >= 0.6 is 11.8 Å². The summed E-state index contributed by atoms with van der Waals surface area (Å²) in [5.74, 6) is 0.433. The van der Waals surface area contributed by atoms with Gasteiger partial charge in [-0.25, -0.2) is 4.79 Å². The standard InChI is InChI=1S/C13H12N4O2S/c1-16-10-9(12(18)17(2)13(16)19)20-11(15-14-10)8-6-4-3-5-7-8/h3-7,14H,1-2H3. The maximum Gasteiger partial charge on any atom is 0.332 e. The fourth-order valence-electron chi connectivity index (χ4n) is 1.96. The highest BCUT2D eigenvalue weighted by molar-refractivity contribution is 8.14. The quantitative estimate of drug-likeness (QED) is 0.849. The minimum absolute atomic E-state index is 0.316. The van der Waals surface area contributed by atoms with E-state index in [2.05, 4.69) is 10.5 Å². The second-order valence-electron chi connectivity index (χ2n) is 4.38. The molecule has 0 bridgehead atoms. The SMILES string of the molecule is Cn1c2c(c(=O)n(C)c1=O)SC(c1ccccc1)=NN2. The van der Waals surface area contributed by atoms with Crippen molar-refractivity contribution in [3.63, 3.8) is 0 Å². The van der Waals surface area contributed by atoms with Crippen molar-refractivity contribution in [1.29, 1.82) is 0 Å². The van der Waals surface area contributed by atoms with Gasteiger partial charge < -0.3 is 0 Å². The molecule has 0 fully saturated rings. The third kappa shape index (κ3) is 1.87. The first-order chi connectivity index (χ1) is 9.59. The lowest BCUT2D eigenvalue weighted by atomic mass is 10.2. The minimum Gasteiger partial charge on any atom is -0.280 e. The molecule has 1 aromatic heterocycles. The van der Waals surface area contributed by atoms with E-state index in [1.807, 2.05) is 30.3 Å². The summed E-state index contributed by atoms with van der Waals surface area (Å²) in [6.45, 7) is 0. The van der Waals surface area contributed by atoms with Gasteiger partial charge in [0.2, 0.25) is 0 Å². The summed E-state index contributed by atoms with van der Waals surface area (Å²) in [5, 5.41) is 4.94. The van der Waals surface area contributed by atoms with Crippen molar-refractivity contribution >= 4 is 22.6 Å². The van der Waals surface area contributed by atoms with Crippen LogP contribution in [0.15, 0.2) is 49.9 Å².